The van der Waals surface area contributed by atoms with Crippen molar-refractivity contribution in [3.63, 3.8) is 0 Å². The average Bonchev–Trinajstić information content (AvgIpc) is 2.83. The van der Waals surface area contributed by atoms with E-state index in [2.05, 4.69) is 4.98 Å². The molecule has 2 N–H and O–H groups in total. The van der Waals surface area contributed by atoms with Crippen molar-refractivity contribution in [3.05, 3.63) is 108 Å². The van der Waals surface area contributed by atoms with E-state index in [-0.39, 0.29) is 17.9 Å². The number of carboxylic acid groups (broad SMARTS) is 1. The Bertz CT molecular complexity index is 1220. The van der Waals surface area contributed by atoms with Gasteiger partial charge in [-0.2, -0.15) is 0 Å². The number of pyridine rings is 1. The standard InChI is InChI=1S/C26H21NO5/c28-25-8-7-23(15-24(25)26(29)30)32-17-19-3-1-4-20(13-19)21-5-2-6-22(14-21)31-16-18-9-11-27-12-10-18/h1-15,28H,16-17H2,(H,29,30). The van der Waals surface area contributed by atoms with Gasteiger partial charge in [-0.3, -0.25) is 4.98 Å². The van der Waals surface area contributed by atoms with Gasteiger partial charge in [0.1, 0.15) is 36.0 Å². The van der Waals surface area contributed by atoms with Gasteiger partial charge in [-0.15, -0.1) is 0 Å². The molecule has 0 amide bonds. The van der Waals surface area contributed by atoms with Crippen LogP contribution in [0.25, 0.3) is 11.1 Å². The van der Waals surface area contributed by atoms with Gasteiger partial charge in [0.2, 0.25) is 0 Å². The molecular formula is C26H21NO5. The van der Waals surface area contributed by atoms with Gasteiger partial charge in [-0.1, -0.05) is 30.3 Å². The number of carbonyl (C=O) groups is 1. The highest BCUT2D eigenvalue weighted by molar-refractivity contribution is 5.91. The molecular weight excluding hydrogens is 406 g/mol. The van der Waals surface area contributed by atoms with E-state index in [1.54, 1.807) is 12.4 Å². The van der Waals surface area contributed by atoms with Crippen molar-refractivity contribution >= 4 is 5.97 Å². The Morgan fingerprint density at radius 1 is 0.750 bits per heavy atom. The third-order valence-corrected chi connectivity index (χ3v) is 4.85. The minimum atomic E-state index is -1.21. The van der Waals surface area contributed by atoms with Crippen LogP contribution >= 0.6 is 0 Å². The van der Waals surface area contributed by atoms with Crippen LogP contribution in [0.3, 0.4) is 0 Å². The molecule has 0 aliphatic carbocycles. The Morgan fingerprint density at radius 2 is 1.41 bits per heavy atom. The quantitative estimate of drug-likeness (QED) is 0.396. The summed E-state index contributed by atoms with van der Waals surface area (Å²) in [5.74, 6) is -0.359. The first-order valence-corrected chi connectivity index (χ1v) is 9.99. The van der Waals surface area contributed by atoms with E-state index in [4.69, 9.17) is 14.6 Å². The molecule has 0 aliphatic heterocycles. The van der Waals surface area contributed by atoms with Gasteiger partial charge in [0.25, 0.3) is 0 Å². The average molecular weight is 427 g/mol. The van der Waals surface area contributed by atoms with E-state index in [0.29, 0.717) is 12.4 Å². The Labute approximate surface area is 185 Å². The van der Waals surface area contributed by atoms with Crippen molar-refractivity contribution in [2.45, 2.75) is 13.2 Å². The second kappa shape index (κ2) is 9.66. The van der Waals surface area contributed by atoms with E-state index in [0.717, 1.165) is 28.0 Å². The zero-order valence-electron chi connectivity index (χ0n) is 17.1. The first kappa shape index (κ1) is 20.9. The summed E-state index contributed by atoms with van der Waals surface area (Å²) < 4.78 is 11.6. The maximum absolute atomic E-state index is 11.2. The van der Waals surface area contributed by atoms with Gasteiger partial charge < -0.3 is 19.7 Å². The number of nitrogens with zero attached hydrogens (tertiary/aromatic N) is 1. The van der Waals surface area contributed by atoms with Crippen LogP contribution in [0.4, 0.5) is 0 Å². The first-order valence-electron chi connectivity index (χ1n) is 9.99. The molecule has 0 atom stereocenters. The van der Waals surface area contributed by atoms with Crippen LogP contribution in [0.5, 0.6) is 17.2 Å². The number of benzene rings is 3. The van der Waals surface area contributed by atoms with Crippen molar-refractivity contribution < 1.29 is 24.5 Å². The number of phenols is 1. The summed E-state index contributed by atoms with van der Waals surface area (Å²) in [5.41, 5.74) is 3.80. The summed E-state index contributed by atoms with van der Waals surface area (Å²) in [6.07, 6.45) is 3.48. The molecule has 3 aromatic carbocycles. The fraction of sp³-hybridized carbons (Fsp3) is 0.0769. The highest BCUT2D eigenvalue weighted by Crippen LogP contribution is 2.27. The van der Waals surface area contributed by atoms with Crippen LogP contribution in [0.2, 0.25) is 0 Å². The molecule has 4 aromatic rings. The SMILES string of the molecule is O=C(O)c1cc(OCc2cccc(-c3cccc(OCc4ccncc4)c3)c2)ccc1O. The monoisotopic (exact) mass is 427 g/mol. The van der Waals surface area contributed by atoms with Crippen LogP contribution in [-0.2, 0) is 13.2 Å². The Kier molecular flexibility index (Phi) is 6.32. The lowest BCUT2D eigenvalue weighted by Gasteiger charge is -2.11. The minimum Gasteiger partial charge on any atom is -0.507 e. The molecule has 0 unspecified atom stereocenters. The number of hydrogen-bond acceptors (Lipinski definition) is 5. The largest absolute Gasteiger partial charge is 0.507 e. The first-order chi connectivity index (χ1) is 15.6. The highest BCUT2D eigenvalue weighted by Gasteiger charge is 2.11. The molecule has 160 valence electrons. The summed E-state index contributed by atoms with van der Waals surface area (Å²) in [7, 11) is 0. The molecule has 6 nitrogen and oxygen atoms in total. The third kappa shape index (κ3) is 5.23. The molecule has 1 heterocycles. The van der Waals surface area contributed by atoms with Gasteiger partial charge in [-0.05, 0) is 70.8 Å². The molecule has 0 radical (unpaired) electrons. The summed E-state index contributed by atoms with van der Waals surface area (Å²) in [6.45, 7) is 0.723. The van der Waals surface area contributed by atoms with Gasteiger partial charge in [0.05, 0.1) is 0 Å². The maximum Gasteiger partial charge on any atom is 0.339 e. The van der Waals surface area contributed by atoms with Crippen molar-refractivity contribution in [3.8, 4) is 28.4 Å². The van der Waals surface area contributed by atoms with Gasteiger partial charge >= 0.3 is 5.97 Å². The smallest absolute Gasteiger partial charge is 0.339 e. The third-order valence-electron chi connectivity index (χ3n) is 4.85. The van der Waals surface area contributed by atoms with E-state index in [1.807, 2.05) is 60.7 Å². The molecule has 0 bridgehead atoms. The lowest BCUT2D eigenvalue weighted by molar-refractivity contribution is 0.0693. The molecule has 32 heavy (non-hydrogen) atoms. The van der Waals surface area contributed by atoms with Gasteiger partial charge in [0, 0.05) is 12.4 Å². The van der Waals surface area contributed by atoms with Crippen molar-refractivity contribution in [1.29, 1.82) is 0 Å². The van der Waals surface area contributed by atoms with Crippen LogP contribution in [0, 0.1) is 0 Å². The molecule has 0 spiro atoms. The number of rotatable bonds is 8. The van der Waals surface area contributed by atoms with E-state index >= 15 is 0 Å². The second-order valence-electron chi connectivity index (χ2n) is 7.15. The summed E-state index contributed by atoms with van der Waals surface area (Å²) in [4.78, 5) is 15.2. The van der Waals surface area contributed by atoms with Gasteiger partial charge in [-0.25, -0.2) is 4.79 Å². The summed E-state index contributed by atoms with van der Waals surface area (Å²) in [5, 5.41) is 18.8. The minimum absolute atomic E-state index is 0.195. The van der Waals surface area contributed by atoms with Crippen LogP contribution in [-0.4, -0.2) is 21.2 Å². The normalized spacial score (nSPS) is 10.5. The van der Waals surface area contributed by atoms with Crippen molar-refractivity contribution in [2.24, 2.45) is 0 Å². The summed E-state index contributed by atoms with van der Waals surface area (Å²) >= 11 is 0. The summed E-state index contributed by atoms with van der Waals surface area (Å²) in [6, 6.07) is 23.8. The lowest BCUT2D eigenvalue weighted by atomic mass is 10.0. The number of ether oxygens (including phenoxy) is 2. The number of hydrogen-bond donors (Lipinski definition) is 2. The Morgan fingerprint density at radius 3 is 2.16 bits per heavy atom. The predicted molar refractivity (Wildman–Crippen MR) is 120 cm³/mol. The lowest BCUT2D eigenvalue weighted by Crippen LogP contribution is -2.00. The predicted octanol–water partition coefficient (Wildman–Crippen LogP) is 5.31. The van der Waals surface area contributed by atoms with Crippen molar-refractivity contribution in [1.82, 2.24) is 4.98 Å². The topological polar surface area (TPSA) is 88.9 Å². The number of aromatic hydroxyl groups is 1. The number of carboxylic acids is 1. The molecule has 0 saturated carbocycles. The van der Waals surface area contributed by atoms with Crippen LogP contribution < -0.4 is 9.47 Å². The molecule has 0 aliphatic rings. The van der Waals surface area contributed by atoms with Crippen molar-refractivity contribution in [2.75, 3.05) is 0 Å². The Balaban J connectivity index is 1.45. The van der Waals surface area contributed by atoms with Crippen LogP contribution in [0.1, 0.15) is 21.5 Å². The molecule has 1 aromatic heterocycles. The molecule has 6 heteroatoms. The molecule has 0 fully saturated rings. The fourth-order valence-electron chi connectivity index (χ4n) is 3.19. The van der Waals surface area contributed by atoms with E-state index in [9.17, 15) is 9.90 Å². The van der Waals surface area contributed by atoms with Gasteiger partial charge in [0.15, 0.2) is 0 Å². The zero-order valence-corrected chi connectivity index (χ0v) is 17.1. The van der Waals surface area contributed by atoms with E-state index in [1.165, 1.54) is 18.2 Å². The number of aromatic carboxylic acids is 1. The Hall–Kier alpha value is -4.32. The molecule has 0 saturated heterocycles. The zero-order chi connectivity index (χ0) is 22.3. The second-order valence-corrected chi connectivity index (χ2v) is 7.15. The molecule has 4 rings (SSSR count). The van der Waals surface area contributed by atoms with Crippen LogP contribution in [0.15, 0.2) is 91.3 Å². The number of aromatic nitrogens is 1. The fourth-order valence-corrected chi connectivity index (χ4v) is 3.19. The maximum atomic E-state index is 11.2. The van der Waals surface area contributed by atoms with E-state index < -0.39 is 5.97 Å². The highest BCUT2D eigenvalue weighted by atomic mass is 16.5.